The van der Waals surface area contributed by atoms with Crippen LogP contribution in [0.25, 0.3) is 17.4 Å². The monoisotopic (exact) mass is 397 g/mol. The Labute approximate surface area is 151 Å². The summed E-state index contributed by atoms with van der Waals surface area (Å²) in [6.45, 7) is 0. The van der Waals surface area contributed by atoms with Crippen molar-refractivity contribution in [1.82, 2.24) is 0 Å². The second-order valence-corrected chi connectivity index (χ2v) is 6.10. The molecule has 5 nitrogen and oxygen atoms in total. The SMILES string of the molecule is O=C(/C=C/c1ccc(-c2ccc(Br)cc2[N+](=O)[O-])o1)c1ccccc1. The van der Waals surface area contributed by atoms with E-state index < -0.39 is 4.92 Å². The fourth-order valence-corrected chi connectivity index (χ4v) is 2.66. The third kappa shape index (κ3) is 3.92. The second-order valence-electron chi connectivity index (χ2n) is 5.18. The van der Waals surface area contributed by atoms with Gasteiger partial charge >= 0.3 is 0 Å². The molecule has 25 heavy (non-hydrogen) atoms. The van der Waals surface area contributed by atoms with Crippen LogP contribution in [0.5, 0.6) is 0 Å². The third-order valence-corrected chi connectivity index (χ3v) is 4.00. The van der Waals surface area contributed by atoms with Crippen molar-refractivity contribution in [3.63, 3.8) is 0 Å². The molecule has 124 valence electrons. The molecule has 0 saturated carbocycles. The van der Waals surface area contributed by atoms with Gasteiger partial charge in [-0.1, -0.05) is 46.3 Å². The van der Waals surface area contributed by atoms with Crippen LogP contribution in [-0.4, -0.2) is 10.7 Å². The predicted octanol–water partition coefficient (Wildman–Crippen LogP) is 5.51. The molecule has 0 N–H and O–H groups in total. The second kappa shape index (κ2) is 7.27. The number of nitrogens with zero attached hydrogens (tertiary/aromatic N) is 1. The minimum Gasteiger partial charge on any atom is -0.456 e. The van der Waals surface area contributed by atoms with Gasteiger partial charge in [0.05, 0.1) is 10.5 Å². The summed E-state index contributed by atoms with van der Waals surface area (Å²) in [5.74, 6) is 0.663. The summed E-state index contributed by atoms with van der Waals surface area (Å²) in [5, 5.41) is 11.2. The Morgan fingerprint density at radius 1 is 1.08 bits per heavy atom. The zero-order chi connectivity index (χ0) is 17.8. The fourth-order valence-electron chi connectivity index (χ4n) is 2.31. The molecule has 0 radical (unpaired) electrons. The van der Waals surface area contributed by atoms with E-state index in [9.17, 15) is 14.9 Å². The van der Waals surface area contributed by atoms with Crippen molar-refractivity contribution in [1.29, 1.82) is 0 Å². The van der Waals surface area contributed by atoms with Crippen LogP contribution >= 0.6 is 15.9 Å². The minimum atomic E-state index is -0.461. The van der Waals surface area contributed by atoms with E-state index in [0.29, 0.717) is 27.1 Å². The molecule has 0 saturated heterocycles. The van der Waals surface area contributed by atoms with E-state index in [-0.39, 0.29) is 11.5 Å². The number of nitro groups is 1. The van der Waals surface area contributed by atoms with Crippen LogP contribution in [0.1, 0.15) is 16.1 Å². The van der Waals surface area contributed by atoms with Gasteiger partial charge in [0.2, 0.25) is 0 Å². The van der Waals surface area contributed by atoms with E-state index in [1.807, 2.05) is 6.07 Å². The van der Waals surface area contributed by atoms with Gasteiger partial charge in [-0.05, 0) is 36.4 Å². The van der Waals surface area contributed by atoms with Crippen LogP contribution in [0.15, 0.2) is 75.6 Å². The molecule has 3 rings (SSSR count). The minimum absolute atomic E-state index is 0.0559. The lowest BCUT2D eigenvalue weighted by atomic mass is 10.1. The van der Waals surface area contributed by atoms with Crippen molar-refractivity contribution in [2.24, 2.45) is 0 Å². The summed E-state index contributed by atoms with van der Waals surface area (Å²) in [6.07, 6.45) is 2.96. The number of ketones is 1. The van der Waals surface area contributed by atoms with E-state index in [4.69, 9.17) is 4.42 Å². The van der Waals surface area contributed by atoms with Gasteiger partial charge in [0.1, 0.15) is 11.5 Å². The Kier molecular flexibility index (Phi) is 4.90. The molecule has 0 bridgehead atoms. The number of rotatable bonds is 5. The van der Waals surface area contributed by atoms with Crippen LogP contribution in [-0.2, 0) is 0 Å². The van der Waals surface area contributed by atoms with Gasteiger partial charge in [0.25, 0.3) is 5.69 Å². The Balaban J connectivity index is 1.85. The average Bonchev–Trinajstić information content (AvgIpc) is 3.09. The van der Waals surface area contributed by atoms with Crippen LogP contribution in [0.2, 0.25) is 0 Å². The molecule has 6 heteroatoms. The summed E-state index contributed by atoms with van der Waals surface area (Å²) < 4.78 is 6.24. The summed E-state index contributed by atoms with van der Waals surface area (Å²) >= 11 is 3.22. The highest BCUT2D eigenvalue weighted by molar-refractivity contribution is 9.10. The standard InChI is InChI=1S/C19H12BrNO4/c20-14-6-9-16(17(12-14)21(23)24)19-11-8-15(25-19)7-10-18(22)13-4-2-1-3-5-13/h1-12H/b10-7+. The number of nitro benzene ring substituents is 1. The number of halogens is 1. The number of carbonyl (C=O) groups excluding carboxylic acids is 1. The van der Waals surface area contributed by atoms with Crippen molar-refractivity contribution < 1.29 is 14.1 Å². The highest BCUT2D eigenvalue weighted by Gasteiger charge is 2.18. The first kappa shape index (κ1) is 16.9. The number of hydrogen-bond acceptors (Lipinski definition) is 4. The van der Waals surface area contributed by atoms with E-state index >= 15 is 0 Å². The summed E-state index contributed by atoms with van der Waals surface area (Å²) in [6, 6.07) is 16.9. The topological polar surface area (TPSA) is 73.3 Å². The normalized spacial score (nSPS) is 10.9. The third-order valence-electron chi connectivity index (χ3n) is 3.51. The van der Waals surface area contributed by atoms with E-state index in [1.54, 1.807) is 54.6 Å². The summed E-state index contributed by atoms with van der Waals surface area (Å²) in [5.41, 5.74) is 0.899. The molecule has 3 aromatic rings. The number of benzene rings is 2. The lowest BCUT2D eigenvalue weighted by Crippen LogP contribution is -1.92. The Morgan fingerprint density at radius 3 is 2.56 bits per heavy atom. The molecule has 0 aliphatic rings. The van der Waals surface area contributed by atoms with E-state index in [2.05, 4.69) is 15.9 Å². The lowest BCUT2D eigenvalue weighted by Gasteiger charge is -2.00. The number of furan rings is 1. The van der Waals surface area contributed by atoms with Gasteiger partial charge in [-0.25, -0.2) is 0 Å². The zero-order valence-electron chi connectivity index (χ0n) is 12.9. The molecule has 0 aliphatic carbocycles. The molecule has 1 heterocycles. The first-order chi connectivity index (χ1) is 12.0. The number of hydrogen-bond donors (Lipinski definition) is 0. The van der Waals surface area contributed by atoms with Crippen molar-refractivity contribution in [2.75, 3.05) is 0 Å². The van der Waals surface area contributed by atoms with E-state index in [0.717, 1.165) is 0 Å². The van der Waals surface area contributed by atoms with Crippen molar-refractivity contribution >= 4 is 33.5 Å². The molecule has 0 fully saturated rings. The first-order valence-electron chi connectivity index (χ1n) is 7.36. The molecule has 0 aliphatic heterocycles. The van der Waals surface area contributed by atoms with Crippen molar-refractivity contribution in [3.8, 4) is 11.3 Å². The van der Waals surface area contributed by atoms with Crippen LogP contribution in [0.3, 0.4) is 0 Å². The Hall–Kier alpha value is -2.99. The molecule has 0 unspecified atom stereocenters. The van der Waals surface area contributed by atoms with Crippen LogP contribution < -0.4 is 0 Å². The van der Waals surface area contributed by atoms with Gasteiger partial charge in [-0.15, -0.1) is 0 Å². The van der Waals surface area contributed by atoms with Gasteiger partial charge < -0.3 is 4.42 Å². The molecule has 0 atom stereocenters. The van der Waals surface area contributed by atoms with Gasteiger partial charge in [0, 0.05) is 16.1 Å². The van der Waals surface area contributed by atoms with E-state index in [1.165, 1.54) is 12.1 Å². The number of allylic oxidation sites excluding steroid dienone is 1. The Morgan fingerprint density at radius 2 is 1.84 bits per heavy atom. The molecular weight excluding hydrogens is 386 g/mol. The molecule has 0 spiro atoms. The van der Waals surface area contributed by atoms with Gasteiger partial charge in [-0.3, -0.25) is 14.9 Å². The number of carbonyl (C=O) groups is 1. The first-order valence-corrected chi connectivity index (χ1v) is 8.15. The summed E-state index contributed by atoms with van der Waals surface area (Å²) in [7, 11) is 0. The quantitative estimate of drug-likeness (QED) is 0.246. The average molecular weight is 398 g/mol. The maximum Gasteiger partial charge on any atom is 0.281 e. The smallest absolute Gasteiger partial charge is 0.281 e. The van der Waals surface area contributed by atoms with Crippen LogP contribution in [0.4, 0.5) is 5.69 Å². The zero-order valence-corrected chi connectivity index (χ0v) is 14.5. The highest BCUT2D eigenvalue weighted by Crippen LogP contribution is 2.33. The molecule has 1 aromatic heterocycles. The predicted molar refractivity (Wildman–Crippen MR) is 98.3 cm³/mol. The largest absolute Gasteiger partial charge is 0.456 e. The van der Waals surface area contributed by atoms with Crippen LogP contribution in [0, 0.1) is 10.1 Å². The fraction of sp³-hybridized carbons (Fsp3) is 0. The van der Waals surface area contributed by atoms with Crippen molar-refractivity contribution in [3.05, 3.63) is 92.7 Å². The highest BCUT2D eigenvalue weighted by atomic mass is 79.9. The lowest BCUT2D eigenvalue weighted by molar-refractivity contribution is -0.384. The van der Waals surface area contributed by atoms with Crippen molar-refractivity contribution in [2.45, 2.75) is 0 Å². The Bertz CT molecular complexity index is 961. The summed E-state index contributed by atoms with van der Waals surface area (Å²) in [4.78, 5) is 22.8. The molecule has 0 amide bonds. The van der Waals surface area contributed by atoms with Gasteiger partial charge in [-0.2, -0.15) is 0 Å². The van der Waals surface area contributed by atoms with Gasteiger partial charge in [0.15, 0.2) is 5.78 Å². The molecule has 2 aromatic carbocycles. The maximum atomic E-state index is 12.1. The molecular formula is C19H12BrNO4. The maximum absolute atomic E-state index is 12.1.